The van der Waals surface area contributed by atoms with Gasteiger partial charge in [-0.15, -0.1) is 0 Å². The molecule has 3 nitrogen and oxygen atoms in total. The molecule has 0 atom stereocenters. The van der Waals surface area contributed by atoms with Crippen LogP contribution < -0.4 is 4.90 Å². The van der Waals surface area contributed by atoms with Crippen LogP contribution in [0.1, 0.15) is 44.0 Å². The minimum Gasteiger partial charge on any atom is -0.478 e. The van der Waals surface area contributed by atoms with E-state index in [0.29, 0.717) is 25.9 Å². The van der Waals surface area contributed by atoms with Gasteiger partial charge in [-0.3, -0.25) is 0 Å². The van der Waals surface area contributed by atoms with Gasteiger partial charge in [0.15, 0.2) is 0 Å². The fourth-order valence-corrected chi connectivity index (χ4v) is 2.36. The predicted molar refractivity (Wildman–Crippen MR) is 80.7 cm³/mol. The highest BCUT2D eigenvalue weighted by Gasteiger charge is 2.29. The fourth-order valence-electron chi connectivity index (χ4n) is 2.11. The van der Waals surface area contributed by atoms with E-state index in [9.17, 15) is 9.18 Å². The van der Waals surface area contributed by atoms with E-state index < -0.39 is 11.6 Å². The molecule has 0 amide bonds. The number of rotatable bonds is 2. The van der Waals surface area contributed by atoms with Crippen molar-refractivity contribution in [2.45, 2.75) is 39.3 Å². The second-order valence-corrected chi connectivity index (χ2v) is 5.28. The summed E-state index contributed by atoms with van der Waals surface area (Å²) in [5.74, 6) is -1.04. The number of hydrogen-bond acceptors (Lipinski definition) is 2. The molecule has 1 aliphatic rings. The molecule has 5 heteroatoms. The predicted octanol–water partition coefficient (Wildman–Crippen LogP) is 4.39. The molecule has 1 heterocycles. The molecule has 0 radical (unpaired) electrons. The van der Waals surface area contributed by atoms with Crippen LogP contribution in [0.5, 0.6) is 0 Å². The van der Waals surface area contributed by atoms with Crippen LogP contribution in [0.25, 0.3) is 0 Å². The number of anilines is 1. The number of piperidine rings is 1. The first-order valence-electron chi connectivity index (χ1n) is 6.86. The Balaban J connectivity index is 0.000000956. The molecule has 1 aromatic carbocycles. The van der Waals surface area contributed by atoms with Crippen molar-refractivity contribution in [3.05, 3.63) is 28.8 Å². The van der Waals surface area contributed by atoms with Gasteiger partial charge in [-0.2, -0.15) is 0 Å². The van der Waals surface area contributed by atoms with Crippen LogP contribution in [0.3, 0.4) is 0 Å². The minimum atomic E-state index is -1.10. The molecule has 0 aliphatic carbocycles. The van der Waals surface area contributed by atoms with Crippen LogP contribution in [0, 0.1) is 0 Å². The Morgan fingerprint density at radius 2 is 1.90 bits per heavy atom. The van der Waals surface area contributed by atoms with Crippen LogP contribution in [0.4, 0.5) is 10.1 Å². The van der Waals surface area contributed by atoms with Crippen molar-refractivity contribution in [3.8, 4) is 0 Å². The molecule has 1 N–H and O–H groups in total. The zero-order valence-electron chi connectivity index (χ0n) is 12.1. The summed E-state index contributed by atoms with van der Waals surface area (Å²) in [6.07, 6.45) is 0.955. The van der Waals surface area contributed by atoms with Crippen LogP contribution in [0.15, 0.2) is 18.2 Å². The lowest BCUT2D eigenvalue weighted by Gasteiger charge is -2.35. The van der Waals surface area contributed by atoms with Crippen molar-refractivity contribution in [3.63, 3.8) is 0 Å². The van der Waals surface area contributed by atoms with Crippen molar-refractivity contribution in [1.82, 2.24) is 0 Å². The molecule has 0 spiro atoms. The standard InChI is InChI=1S/C13H15ClFNO2.C2H6/c1-13(15)4-6-16(7-5-13)9-2-3-10(12(17)18)11(14)8-9;1-2/h2-3,8H,4-7H2,1H3,(H,17,18);1-2H3. The first-order valence-corrected chi connectivity index (χ1v) is 7.23. The second-order valence-electron chi connectivity index (χ2n) is 4.87. The number of nitrogens with zero attached hydrogens (tertiary/aromatic N) is 1. The van der Waals surface area contributed by atoms with E-state index in [1.165, 1.54) is 6.07 Å². The molecule has 1 aliphatic heterocycles. The van der Waals surface area contributed by atoms with Gasteiger partial charge < -0.3 is 10.0 Å². The molecule has 0 aromatic heterocycles. The van der Waals surface area contributed by atoms with Crippen LogP contribution in [0.2, 0.25) is 5.02 Å². The summed E-state index contributed by atoms with van der Waals surface area (Å²) >= 11 is 5.92. The molecule has 1 saturated heterocycles. The third-order valence-corrected chi connectivity index (χ3v) is 3.67. The van der Waals surface area contributed by atoms with Crippen LogP contribution >= 0.6 is 11.6 Å². The molecule has 20 heavy (non-hydrogen) atoms. The third-order valence-electron chi connectivity index (χ3n) is 3.35. The Morgan fingerprint density at radius 3 is 2.35 bits per heavy atom. The van der Waals surface area contributed by atoms with E-state index in [2.05, 4.69) is 0 Å². The largest absolute Gasteiger partial charge is 0.478 e. The number of hydrogen-bond donors (Lipinski definition) is 1. The Bertz CT molecular complexity index is 467. The summed E-state index contributed by atoms with van der Waals surface area (Å²) in [7, 11) is 0. The number of halogens is 2. The Kier molecular flexibility index (Phi) is 5.81. The number of alkyl halides is 1. The molecule has 0 saturated carbocycles. The molecule has 0 unspecified atom stereocenters. The van der Waals surface area contributed by atoms with Gasteiger partial charge in [0, 0.05) is 18.8 Å². The fraction of sp³-hybridized carbons (Fsp3) is 0.533. The average Bonchev–Trinajstić information content (AvgIpc) is 2.40. The van der Waals surface area contributed by atoms with Gasteiger partial charge in [-0.25, -0.2) is 9.18 Å². The maximum atomic E-state index is 13.7. The number of aromatic carboxylic acids is 1. The van der Waals surface area contributed by atoms with Crippen LogP contribution in [-0.2, 0) is 0 Å². The van der Waals surface area contributed by atoms with Gasteiger partial charge in [-0.05, 0) is 38.0 Å². The minimum absolute atomic E-state index is 0.0905. The van der Waals surface area contributed by atoms with Gasteiger partial charge in [0.05, 0.1) is 10.6 Å². The smallest absolute Gasteiger partial charge is 0.337 e. The monoisotopic (exact) mass is 301 g/mol. The normalized spacial score (nSPS) is 17.1. The number of carbonyl (C=O) groups is 1. The maximum Gasteiger partial charge on any atom is 0.337 e. The average molecular weight is 302 g/mol. The van der Waals surface area contributed by atoms with E-state index in [0.717, 1.165) is 5.69 Å². The molecular formula is C15H21ClFNO2. The first kappa shape index (κ1) is 16.8. The Hall–Kier alpha value is -1.29. The van der Waals surface area contributed by atoms with Crippen LogP contribution in [-0.4, -0.2) is 29.8 Å². The Morgan fingerprint density at radius 1 is 1.35 bits per heavy atom. The molecule has 2 rings (SSSR count). The topological polar surface area (TPSA) is 40.5 Å². The first-order chi connectivity index (χ1) is 9.39. The van der Waals surface area contributed by atoms with Gasteiger partial charge in [-0.1, -0.05) is 25.4 Å². The Labute approximate surface area is 124 Å². The van der Waals surface area contributed by atoms with Gasteiger partial charge in [0.25, 0.3) is 0 Å². The summed E-state index contributed by atoms with van der Waals surface area (Å²) in [6, 6.07) is 4.84. The van der Waals surface area contributed by atoms with Crippen molar-refractivity contribution in [2.24, 2.45) is 0 Å². The van der Waals surface area contributed by atoms with Gasteiger partial charge in [0.1, 0.15) is 5.67 Å². The highest BCUT2D eigenvalue weighted by atomic mass is 35.5. The molecule has 1 aromatic rings. The highest BCUT2D eigenvalue weighted by molar-refractivity contribution is 6.33. The molecule has 1 fully saturated rings. The summed E-state index contributed by atoms with van der Waals surface area (Å²) in [6.45, 7) is 6.86. The summed E-state index contributed by atoms with van der Waals surface area (Å²) in [5.41, 5.74) is -0.158. The SMILES string of the molecule is CC.CC1(F)CCN(c2ccc(C(=O)O)c(Cl)c2)CC1. The highest BCUT2D eigenvalue weighted by Crippen LogP contribution is 2.30. The lowest BCUT2D eigenvalue weighted by molar-refractivity contribution is 0.0697. The van der Waals surface area contributed by atoms with Crippen molar-refractivity contribution in [2.75, 3.05) is 18.0 Å². The number of carboxylic acids is 1. The van der Waals surface area contributed by atoms with E-state index >= 15 is 0 Å². The summed E-state index contributed by atoms with van der Waals surface area (Å²) in [4.78, 5) is 12.9. The van der Waals surface area contributed by atoms with E-state index in [1.54, 1.807) is 19.1 Å². The van der Waals surface area contributed by atoms with E-state index in [-0.39, 0.29) is 10.6 Å². The zero-order valence-corrected chi connectivity index (χ0v) is 12.9. The number of benzene rings is 1. The van der Waals surface area contributed by atoms with E-state index in [4.69, 9.17) is 16.7 Å². The second kappa shape index (κ2) is 6.93. The third kappa shape index (κ3) is 4.10. The van der Waals surface area contributed by atoms with E-state index in [1.807, 2.05) is 18.7 Å². The number of carboxylic acid groups (broad SMARTS) is 1. The molecular weight excluding hydrogens is 281 g/mol. The summed E-state index contributed by atoms with van der Waals surface area (Å²) < 4.78 is 13.7. The van der Waals surface area contributed by atoms with Crippen molar-refractivity contribution >= 4 is 23.3 Å². The lowest BCUT2D eigenvalue weighted by Crippen LogP contribution is -2.40. The molecule has 112 valence electrons. The maximum absolute atomic E-state index is 13.7. The lowest BCUT2D eigenvalue weighted by atomic mass is 9.95. The van der Waals surface area contributed by atoms with Crippen molar-refractivity contribution < 1.29 is 14.3 Å². The van der Waals surface area contributed by atoms with Gasteiger partial charge >= 0.3 is 5.97 Å². The quantitative estimate of drug-likeness (QED) is 0.880. The van der Waals surface area contributed by atoms with Crippen molar-refractivity contribution in [1.29, 1.82) is 0 Å². The van der Waals surface area contributed by atoms with Gasteiger partial charge in [0.2, 0.25) is 0 Å². The molecule has 0 bridgehead atoms. The zero-order chi connectivity index (χ0) is 15.3. The summed E-state index contributed by atoms with van der Waals surface area (Å²) in [5, 5.41) is 9.10.